The number of carbonyl (C=O) groups excluding carboxylic acids is 2. The molecule has 0 aromatic heterocycles. The minimum absolute atomic E-state index is 0.458. The molecule has 4 nitrogen and oxygen atoms in total. The average Bonchev–Trinajstić information content (AvgIpc) is 2.26. The number of carbonyl (C=O) groups is 2. The second kappa shape index (κ2) is 3.87. The SMILES string of the molecule is CSSC[C@@H]1NC(=O)OC1=O. The predicted octanol–water partition coefficient (Wildman–Crippen LogP) is 0.633. The molecule has 11 heavy (non-hydrogen) atoms. The minimum Gasteiger partial charge on any atom is -0.375 e. The van der Waals surface area contributed by atoms with Gasteiger partial charge in [-0.1, -0.05) is 21.6 Å². The van der Waals surface area contributed by atoms with Gasteiger partial charge in [0.05, 0.1) is 0 Å². The van der Waals surface area contributed by atoms with Crippen molar-refractivity contribution in [1.29, 1.82) is 0 Å². The number of cyclic esters (lactones) is 2. The number of ether oxygens (including phenoxy) is 1. The zero-order valence-electron chi connectivity index (χ0n) is 5.83. The van der Waals surface area contributed by atoms with Gasteiger partial charge >= 0.3 is 12.1 Å². The van der Waals surface area contributed by atoms with Crippen molar-refractivity contribution in [2.45, 2.75) is 6.04 Å². The van der Waals surface area contributed by atoms with Crippen LogP contribution in [-0.2, 0) is 9.53 Å². The number of nitrogens with one attached hydrogen (secondary N) is 1. The zero-order chi connectivity index (χ0) is 8.27. The van der Waals surface area contributed by atoms with Crippen LogP contribution in [0.5, 0.6) is 0 Å². The molecule has 0 aromatic rings. The molecule has 1 aliphatic heterocycles. The zero-order valence-corrected chi connectivity index (χ0v) is 7.46. The highest BCUT2D eigenvalue weighted by atomic mass is 33.1. The van der Waals surface area contributed by atoms with E-state index >= 15 is 0 Å². The van der Waals surface area contributed by atoms with Gasteiger partial charge in [0.2, 0.25) is 0 Å². The maximum Gasteiger partial charge on any atom is 0.415 e. The van der Waals surface area contributed by atoms with Crippen LogP contribution in [0.1, 0.15) is 0 Å². The number of hydrogen-bond donors (Lipinski definition) is 1. The molecule has 1 saturated heterocycles. The fourth-order valence-electron chi connectivity index (χ4n) is 0.639. The quantitative estimate of drug-likeness (QED) is 0.405. The van der Waals surface area contributed by atoms with Gasteiger partial charge < -0.3 is 10.1 Å². The molecule has 0 aliphatic carbocycles. The van der Waals surface area contributed by atoms with Gasteiger partial charge in [-0.15, -0.1) is 0 Å². The van der Waals surface area contributed by atoms with Crippen molar-refractivity contribution >= 4 is 33.7 Å². The molecule has 0 saturated carbocycles. The number of hydrogen-bond acceptors (Lipinski definition) is 5. The number of amides is 1. The van der Waals surface area contributed by atoms with E-state index in [4.69, 9.17) is 0 Å². The summed E-state index contributed by atoms with van der Waals surface area (Å²) in [6.07, 6.45) is 1.27. The predicted molar refractivity (Wildman–Crippen MR) is 44.4 cm³/mol. The van der Waals surface area contributed by atoms with Crippen LogP contribution in [-0.4, -0.2) is 30.1 Å². The van der Waals surface area contributed by atoms with Gasteiger partial charge in [0.1, 0.15) is 6.04 Å². The van der Waals surface area contributed by atoms with Crippen LogP contribution >= 0.6 is 21.6 Å². The Labute approximate surface area is 71.8 Å². The van der Waals surface area contributed by atoms with Gasteiger partial charge in [-0.25, -0.2) is 9.59 Å². The van der Waals surface area contributed by atoms with Crippen molar-refractivity contribution in [2.75, 3.05) is 12.0 Å². The van der Waals surface area contributed by atoms with Gasteiger partial charge in [0.15, 0.2) is 0 Å². The van der Waals surface area contributed by atoms with Crippen LogP contribution in [0.3, 0.4) is 0 Å². The molecule has 0 radical (unpaired) electrons. The summed E-state index contributed by atoms with van der Waals surface area (Å²) >= 11 is 0. The van der Waals surface area contributed by atoms with E-state index in [1.165, 1.54) is 10.8 Å². The molecule has 1 aliphatic rings. The van der Waals surface area contributed by atoms with E-state index in [9.17, 15) is 9.59 Å². The second-order valence-electron chi connectivity index (χ2n) is 1.86. The van der Waals surface area contributed by atoms with E-state index in [1.54, 1.807) is 10.8 Å². The lowest BCUT2D eigenvalue weighted by molar-refractivity contribution is -0.134. The van der Waals surface area contributed by atoms with E-state index < -0.39 is 18.1 Å². The van der Waals surface area contributed by atoms with Crippen LogP contribution < -0.4 is 5.32 Å². The van der Waals surface area contributed by atoms with Crippen LogP contribution in [0.15, 0.2) is 0 Å². The van der Waals surface area contributed by atoms with E-state index in [0.717, 1.165) is 0 Å². The molecule has 1 rings (SSSR count). The van der Waals surface area contributed by atoms with Gasteiger partial charge in [0.25, 0.3) is 0 Å². The first kappa shape index (κ1) is 8.73. The summed E-state index contributed by atoms with van der Waals surface area (Å²) in [5.74, 6) is 0.0858. The summed E-state index contributed by atoms with van der Waals surface area (Å²) in [7, 11) is 3.06. The Kier molecular flexibility index (Phi) is 3.07. The Morgan fingerprint density at radius 1 is 1.64 bits per heavy atom. The Morgan fingerprint density at radius 2 is 2.36 bits per heavy atom. The molecule has 1 N–H and O–H groups in total. The van der Waals surface area contributed by atoms with E-state index in [0.29, 0.717) is 5.75 Å². The van der Waals surface area contributed by atoms with E-state index in [1.807, 2.05) is 6.26 Å². The minimum atomic E-state index is -0.637. The van der Waals surface area contributed by atoms with Crippen molar-refractivity contribution in [1.82, 2.24) is 5.32 Å². The first-order chi connectivity index (χ1) is 5.24. The Morgan fingerprint density at radius 3 is 2.82 bits per heavy atom. The molecular weight excluding hydrogens is 186 g/mol. The highest BCUT2D eigenvalue weighted by Gasteiger charge is 2.31. The Bertz CT molecular complexity index is 185. The van der Waals surface area contributed by atoms with Gasteiger partial charge in [-0.3, -0.25) is 0 Å². The van der Waals surface area contributed by atoms with E-state index in [2.05, 4.69) is 10.1 Å². The van der Waals surface area contributed by atoms with Crippen molar-refractivity contribution in [3.8, 4) is 0 Å². The standard InChI is InChI=1S/C5H7NO3S2/c1-10-11-2-3-4(7)9-5(8)6-3/h3H,2H2,1H3,(H,6,8)/t3-/m0/s1. The summed E-state index contributed by atoms with van der Waals surface area (Å²) in [4.78, 5) is 21.2. The fraction of sp³-hybridized carbons (Fsp3) is 0.600. The van der Waals surface area contributed by atoms with Crippen molar-refractivity contribution < 1.29 is 14.3 Å². The summed E-state index contributed by atoms with van der Waals surface area (Å²) in [5, 5.41) is 2.39. The molecule has 0 bridgehead atoms. The number of alkyl carbamates (subject to hydrolysis) is 1. The molecule has 1 heterocycles. The molecule has 0 unspecified atom stereocenters. The molecule has 0 spiro atoms. The Hall–Kier alpha value is -0.360. The van der Waals surface area contributed by atoms with Crippen LogP contribution in [0.25, 0.3) is 0 Å². The van der Waals surface area contributed by atoms with Gasteiger partial charge in [0, 0.05) is 5.75 Å². The average molecular weight is 193 g/mol. The van der Waals surface area contributed by atoms with Crippen molar-refractivity contribution in [3.63, 3.8) is 0 Å². The van der Waals surface area contributed by atoms with Gasteiger partial charge in [-0.05, 0) is 6.26 Å². The van der Waals surface area contributed by atoms with Crippen LogP contribution in [0.2, 0.25) is 0 Å². The normalized spacial score (nSPS) is 23.2. The molecule has 1 atom stereocenters. The molecule has 6 heteroatoms. The highest BCUT2D eigenvalue weighted by molar-refractivity contribution is 8.76. The first-order valence-electron chi connectivity index (χ1n) is 2.92. The maximum atomic E-state index is 10.8. The summed E-state index contributed by atoms with van der Waals surface area (Å²) in [6, 6.07) is -0.458. The third kappa shape index (κ3) is 2.30. The van der Waals surface area contributed by atoms with Gasteiger partial charge in [-0.2, -0.15) is 0 Å². The number of rotatable bonds is 3. The highest BCUT2D eigenvalue weighted by Crippen LogP contribution is 2.19. The molecule has 1 fully saturated rings. The number of esters is 1. The molecule has 1 amide bonds. The molecule has 62 valence electrons. The third-order valence-electron chi connectivity index (χ3n) is 1.12. The van der Waals surface area contributed by atoms with E-state index in [-0.39, 0.29) is 0 Å². The third-order valence-corrected chi connectivity index (χ3v) is 2.94. The lowest BCUT2D eigenvalue weighted by atomic mass is 10.4. The smallest absolute Gasteiger partial charge is 0.375 e. The topological polar surface area (TPSA) is 55.4 Å². The second-order valence-corrected chi connectivity index (χ2v) is 4.47. The summed E-state index contributed by atoms with van der Waals surface area (Å²) in [5.41, 5.74) is 0. The van der Waals surface area contributed by atoms with Crippen LogP contribution in [0.4, 0.5) is 4.79 Å². The fourth-order valence-corrected chi connectivity index (χ4v) is 1.95. The lowest BCUT2D eigenvalue weighted by Crippen LogP contribution is -2.30. The Balaban J connectivity index is 2.34. The summed E-state index contributed by atoms with van der Waals surface area (Å²) < 4.78 is 4.26. The first-order valence-corrected chi connectivity index (χ1v) is 5.64. The monoisotopic (exact) mass is 193 g/mol. The molecule has 0 aromatic carbocycles. The maximum absolute atomic E-state index is 10.8. The summed E-state index contributed by atoms with van der Waals surface area (Å²) in [6.45, 7) is 0. The van der Waals surface area contributed by atoms with Crippen molar-refractivity contribution in [3.05, 3.63) is 0 Å². The van der Waals surface area contributed by atoms with Crippen LogP contribution in [0, 0.1) is 0 Å². The largest absolute Gasteiger partial charge is 0.415 e. The lowest BCUT2D eigenvalue weighted by Gasteiger charge is -2.00. The molecular formula is C5H7NO3S2. The van der Waals surface area contributed by atoms with Crippen molar-refractivity contribution in [2.24, 2.45) is 0 Å².